The molecule has 1 aliphatic heterocycles. The van der Waals surface area contributed by atoms with E-state index in [1.165, 1.54) is 18.9 Å². The van der Waals surface area contributed by atoms with Gasteiger partial charge in [-0.3, -0.25) is 4.79 Å². The Morgan fingerprint density at radius 3 is 1.88 bits per heavy atom. The second kappa shape index (κ2) is 31.6. The smallest absolute Gasteiger partial charge is 0.220 e. The highest BCUT2D eigenvalue weighted by Crippen LogP contribution is 2.22. The number of aliphatic hydroxyl groups is 5. The monoisotopic (exact) mass is 731 g/mol. The molecule has 0 spiro atoms. The average molecular weight is 731 g/mol. The van der Waals surface area contributed by atoms with Crippen LogP contribution in [-0.4, -0.2) is 87.5 Å². The first-order valence-electron chi connectivity index (χ1n) is 32.1. The Bertz CT molecular complexity index is 2020. The summed E-state index contributed by atoms with van der Waals surface area (Å²) in [5.74, 6) is -2.29. The van der Waals surface area contributed by atoms with Crippen molar-refractivity contribution in [1.82, 2.24) is 5.32 Å². The quantitative estimate of drug-likeness (QED) is 0.0303. The van der Waals surface area contributed by atoms with Crippen molar-refractivity contribution in [2.24, 2.45) is 0 Å². The molecule has 1 fully saturated rings. The summed E-state index contributed by atoms with van der Waals surface area (Å²) in [7, 11) is 0. The van der Waals surface area contributed by atoms with Crippen molar-refractivity contribution in [3.05, 3.63) is 12.2 Å². The molecule has 0 aromatic heterocycles. The molecule has 290 valence electrons. The lowest BCUT2D eigenvalue weighted by Gasteiger charge is -2.40. The van der Waals surface area contributed by atoms with Gasteiger partial charge in [0.15, 0.2) is 6.29 Å². The number of nitrogens with one attached hydrogen (secondary N) is 1. The molecule has 0 aliphatic carbocycles. The van der Waals surface area contributed by atoms with Gasteiger partial charge in [0, 0.05) is 48.9 Å². The number of carbonyl (C=O) groups excluding carboxylic acids is 1. The fourth-order valence-electron chi connectivity index (χ4n) is 4.56. The molecule has 0 aromatic rings. The largest absolute Gasteiger partial charge is 0.394 e. The van der Waals surface area contributed by atoms with Crippen molar-refractivity contribution in [1.29, 1.82) is 0 Å². The molecule has 0 saturated carbocycles. The molecule has 9 nitrogen and oxygen atoms in total. The maximum absolute atomic E-state index is 13.9. The van der Waals surface area contributed by atoms with E-state index in [0.717, 1.165) is 57.4 Å². The third kappa shape index (κ3) is 23.2. The molecule has 1 unspecified atom stereocenters. The van der Waals surface area contributed by atoms with Gasteiger partial charge < -0.3 is 40.3 Å². The van der Waals surface area contributed by atoms with Gasteiger partial charge in [0.2, 0.25) is 5.91 Å². The predicted molar refractivity (Wildman–Crippen MR) is 198 cm³/mol. The second-order valence-electron chi connectivity index (χ2n) is 11.1. The Balaban J connectivity index is 3.75. The molecule has 1 aliphatic rings. The minimum Gasteiger partial charge on any atom is -0.394 e. The molecule has 9 heteroatoms. The van der Waals surface area contributed by atoms with Gasteiger partial charge >= 0.3 is 0 Å². The van der Waals surface area contributed by atoms with E-state index in [4.69, 9.17) is 52.0 Å². The van der Waals surface area contributed by atoms with Crippen LogP contribution in [0, 0.1) is 0 Å². The standard InChI is InChI=1S/C40H77NO8/c1-3-5-7-9-11-13-15-17-19-21-23-25-27-29-34(43)33(32-48-40-39(47)38(46)37(45)35(31-42)49-40)41-36(44)30-28-26-24-22-20-18-16-14-12-10-8-6-4-2/h27,29,33-35,37-40,42-43,45-47H,3-26,28,30-32H2,1-2H3,(H,41,44)/b29-27+/t33-,34+,35+,37+,38?,39+,40+/m0/s1/i2D3,4D2,6D2,8D2,10D2,12D2,14D2,16D2,18D2,20D2,22D2,24D2,26D2,28D2,30D2. The molecule has 1 amide bonds. The molecular weight excluding hydrogens is 622 g/mol. The van der Waals surface area contributed by atoms with Gasteiger partial charge in [0.1, 0.15) is 24.4 Å². The fraction of sp³-hybridized carbons (Fsp3) is 0.925. The van der Waals surface area contributed by atoms with E-state index in [9.17, 15) is 30.3 Å². The fourth-order valence-corrected chi connectivity index (χ4v) is 4.56. The van der Waals surface area contributed by atoms with Gasteiger partial charge in [-0.25, -0.2) is 0 Å². The molecule has 0 aromatic carbocycles. The lowest BCUT2D eigenvalue weighted by Crippen LogP contribution is -2.60. The van der Waals surface area contributed by atoms with E-state index in [0.29, 0.717) is 12.8 Å². The summed E-state index contributed by atoms with van der Waals surface area (Å²) in [5.41, 5.74) is 0. The zero-order chi connectivity index (χ0) is 63.6. The number of allylic oxidation sites excluding steroid dienone is 1. The Kier molecular flexibility index (Phi) is 10.9. The van der Waals surface area contributed by atoms with Crippen LogP contribution in [0.5, 0.6) is 0 Å². The maximum atomic E-state index is 13.9. The van der Waals surface area contributed by atoms with Gasteiger partial charge in [-0.1, -0.05) is 167 Å². The molecule has 1 rings (SSSR count). The number of rotatable bonds is 33. The Morgan fingerprint density at radius 2 is 1.33 bits per heavy atom. The third-order valence-electron chi connectivity index (χ3n) is 7.25. The highest BCUT2D eigenvalue weighted by Gasteiger charge is 2.44. The van der Waals surface area contributed by atoms with Crippen LogP contribution in [-0.2, 0) is 14.3 Å². The first-order chi connectivity index (χ1) is 35.5. The van der Waals surface area contributed by atoms with Crippen LogP contribution < -0.4 is 5.32 Å². The first kappa shape index (κ1) is 16.9. The minimum absolute atomic E-state index is 0.326. The Labute approximate surface area is 343 Å². The van der Waals surface area contributed by atoms with Crippen molar-refractivity contribution in [3.63, 3.8) is 0 Å². The van der Waals surface area contributed by atoms with Crippen molar-refractivity contribution >= 4 is 5.91 Å². The van der Waals surface area contributed by atoms with Crippen LogP contribution in [0.25, 0.3) is 0 Å². The number of carbonyl (C=O) groups is 1. The molecular formula is C40H77NO8. The number of ether oxygens (including phenoxy) is 2. The summed E-state index contributed by atoms with van der Waals surface area (Å²) in [4.78, 5) is 13.9. The van der Waals surface area contributed by atoms with Gasteiger partial charge in [-0.05, 0) is 19.2 Å². The van der Waals surface area contributed by atoms with Crippen molar-refractivity contribution < 1.29 is 82.3 Å². The lowest BCUT2D eigenvalue weighted by atomic mass is 9.99. The number of hydrogen-bond acceptors (Lipinski definition) is 8. The van der Waals surface area contributed by atoms with Gasteiger partial charge in [0.25, 0.3) is 0 Å². The highest BCUT2D eigenvalue weighted by molar-refractivity contribution is 5.76. The lowest BCUT2D eigenvalue weighted by molar-refractivity contribution is -0.302. The first-order valence-corrected chi connectivity index (χ1v) is 16.6. The van der Waals surface area contributed by atoms with Gasteiger partial charge in [0.05, 0.1) is 25.4 Å². The van der Waals surface area contributed by atoms with E-state index in [1.54, 1.807) is 0 Å². The summed E-state index contributed by atoms with van der Waals surface area (Å²) in [6.07, 6.45) is -67.3. The summed E-state index contributed by atoms with van der Waals surface area (Å²) in [5, 5.41) is 53.6. The number of hydrogen-bond donors (Lipinski definition) is 6. The number of aliphatic hydroxyl groups excluding tert-OH is 5. The summed E-state index contributed by atoms with van der Waals surface area (Å²) >= 11 is 0. The van der Waals surface area contributed by atoms with Gasteiger partial charge in [-0.15, -0.1) is 0 Å². The van der Waals surface area contributed by atoms with Crippen LogP contribution in [0.15, 0.2) is 12.2 Å². The summed E-state index contributed by atoms with van der Waals surface area (Å²) in [6, 6.07) is -1.99. The van der Waals surface area contributed by atoms with Crippen molar-refractivity contribution in [3.8, 4) is 0 Å². The van der Waals surface area contributed by atoms with E-state index in [-0.39, 0.29) is 0 Å². The normalized spacial score (nSPS) is 36.2. The zero-order valence-electron chi connectivity index (χ0n) is 59.1. The van der Waals surface area contributed by atoms with E-state index in [1.807, 2.05) is 5.32 Å². The maximum Gasteiger partial charge on any atom is 0.220 e. The summed E-state index contributed by atoms with van der Waals surface area (Å²) < 4.78 is 266. The SMILES string of the molecule is [2H]C([2H])([2H])C([2H])([2H])C([2H])([2H])C([2H])([2H])C([2H])([2H])C([2H])([2H])C([2H])([2H])C([2H])([2H])C([2H])([2H])C([2H])([2H])C([2H])([2H])C([2H])([2H])C([2H])([2H])C([2H])([2H])C([2H])([2H])C(=O)N[C@@H](CO[C@@H]1O[C@H](CO)[C@@H](O)C(O)[C@H]1O)[C@H](O)/C=C/CCCCCCCCCCCCC. The topological polar surface area (TPSA) is 149 Å². The van der Waals surface area contributed by atoms with Gasteiger partial charge in [-0.2, -0.15) is 0 Å². The van der Waals surface area contributed by atoms with Crippen LogP contribution in [0.3, 0.4) is 0 Å². The second-order valence-corrected chi connectivity index (χ2v) is 11.1. The predicted octanol–water partition coefficient (Wildman–Crippen LogP) is 7.39. The van der Waals surface area contributed by atoms with E-state index in [2.05, 4.69) is 6.92 Å². The van der Waals surface area contributed by atoms with Crippen LogP contribution in [0.1, 0.15) is 223 Å². The molecule has 7 atom stereocenters. The van der Waals surface area contributed by atoms with Crippen LogP contribution in [0.4, 0.5) is 0 Å². The molecule has 0 bridgehead atoms. The Morgan fingerprint density at radius 1 is 0.796 bits per heavy atom. The molecule has 1 saturated heterocycles. The highest BCUT2D eigenvalue weighted by atomic mass is 16.7. The van der Waals surface area contributed by atoms with Crippen molar-refractivity contribution in [2.75, 3.05) is 13.2 Å². The van der Waals surface area contributed by atoms with Crippen LogP contribution >= 0.6 is 0 Å². The summed E-state index contributed by atoms with van der Waals surface area (Å²) in [6.45, 7) is -4.05. The van der Waals surface area contributed by atoms with E-state index >= 15 is 0 Å². The Hall–Kier alpha value is -1.07. The number of unbranched alkanes of at least 4 members (excludes halogenated alkanes) is 11. The van der Waals surface area contributed by atoms with Crippen LogP contribution in [0.2, 0.25) is 0 Å². The molecule has 6 N–H and O–H groups in total. The third-order valence-corrected chi connectivity index (χ3v) is 7.25. The van der Waals surface area contributed by atoms with Crippen molar-refractivity contribution in [2.45, 2.75) is 223 Å². The average Bonchev–Trinajstić information content (AvgIpc) is 3.32. The zero-order valence-corrected chi connectivity index (χ0v) is 28.1. The number of amides is 1. The molecule has 1 heterocycles. The molecule has 0 radical (unpaired) electrons. The molecule has 49 heavy (non-hydrogen) atoms. The van der Waals surface area contributed by atoms with E-state index < -0.39 is 158 Å². The minimum atomic E-state index is -5.24.